The van der Waals surface area contributed by atoms with Crippen LogP contribution in [0.25, 0.3) is 11.1 Å². The Bertz CT molecular complexity index is 773. The van der Waals surface area contributed by atoms with Crippen LogP contribution in [0.15, 0.2) is 59.5 Å². The third-order valence-electron chi connectivity index (χ3n) is 3.42. The second kappa shape index (κ2) is 8.61. The standard InChI is InChI=1S/C18H21NO4S/c1-2-23-18(20)13-8-14-19-24(21,22)17-12-7-6-11-16(17)15-9-4-3-5-10-15/h3-7,9-12,19H,2,8,13-14H2,1H3. The first-order chi connectivity index (χ1) is 11.5. The number of ether oxygens (including phenoxy) is 1. The highest BCUT2D eigenvalue weighted by atomic mass is 32.2. The van der Waals surface area contributed by atoms with E-state index in [9.17, 15) is 13.2 Å². The zero-order chi connectivity index (χ0) is 17.4. The number of nitrogens with one attached hydrogen (secondary N) is 1. The van der Waals surface area contributed by atoms with E-state index in [1.807, 2.05) is 36.4 Å². The minimum atomic E-state index is -3.65. The van der Waals surface area contributed by atoms with Gasteiger partial charge in [0, 0.05) is 18.5 Å². The van der Waals surface area contributed by atoms with Gasteiger partial charge in [-0.25, -0.2) is 13.1 Å². The zero-order valence-corrected chi connectivity index (χ0v) is 14.4. The second-order valence-corrected chi connectivity index (χ2v) is 6.90. The van der Waals surface area contributed by atoms with Gasteiger partial charge in [0.1, 0.15) is 0 Å². The predicted molar refractivity (Wildman–Crippen MR) is 92.9 cm³/mol. The zero-order valence-electron chi connectivity index (χ0n) is 13.6. The molecule has 0 aliphatic carbocycles. The number of carbonyl (C=O) groups excluding carboxylic acids is 1. The minimum Gasteiger partial charge on any atom is -0.466 e. The molecule has 6 heteroatoms. The van der Waals surface area contributed by atoms with Crippen LogP contribution in [0, 0.1) is 0 Å². The SMILES string of the molecule is CCOC(=O)CCCNS(=O)(=O)c1ccccc1-c1ccccc1. The van der Waals surface area contributed by atoms with E-state index in [1.54, 1.807) is 25.1 Å². The maximum absolute atomic E-state index is 12.6. The van der Waals surface area contributed by atoms with Crippen molar-refractivity contribution in [3.63, 3.8) is 0 Å². The topological polar surface area (TPSA) is 72.5 Å². The van der Waals surface area contributed by atoms with Crippen molar-refractivity contribution in [3.8, 4) is 11.1 Å². The van der Waals surface area contributed by atoms with Crippen molar-refractivity contribution in [3.05, 3.63) is 54.6 Å². The Labute approximate surface area is 142 Å². The quantitative estimate of drug-likeness (QED) is 0.588. The molecule has 2 rings (SSSR count). The van der Waals surface area contributed by atoms with Crippen molar-refractivity contribution in [1.82, 2.24) is 4.72 Å². The summed E-state index contributed by atoms with van der Waals surface area (Å²) in [5.74, 6) is -0.318. The highest BCUT2D eigenvalue weighted by Crippen LogP contribution is 2.26. The lowest BCUT2D eigenvalue weighted by molar-refractivity contribution is -0.143. The number of carbonyl (C=O) groups is 1. The molecule has 0 fully saturated rings. The lowest BCUT2D eigenvalue weighted by atomic mass is 10.1. The number of rotatable bonds is 8. The fourth-order valence-electron chi connectivity index (χ4n) is 2.31. The Hall–Kier alpha value is -2.18. The number of hydrogen-bond acceptors (Lipinski definition) is 4. The van der Waals surface area contributed by atoms with Gasteiger partial charge in [0.25, 0.3) is 0 Å². The highest BCUT2D eigenvalue weighted by Gasteiger charge is 2.18. The van der Waals surface area contributed by atoms with E-state index < -0.39 is 10.0 Å². The molecule has 24 heavy (non-hydrogen) atoms. The first kappa shape index (κ1) is 18.2. The molecule has 0 radical (unpaired) electrons. The average Bonchev–Trinajstić information content (AvgIpc) is 2.60. The molecule has 5 nitrogen and oxygen atoms in total. The van der Waals surface area contributed by atoms with Crippen molar-refractivity contribution in [1.29, 1.82) is 0 Å². The molecule has 0 aromatic heterocycles. The van der Waals surface area contributed by atoms with E-state index in [1.165, 1.54) is 0 Å². The number of hydrogen-bond donors (Lipinski definition) is 1. The lowest BCUT2D eigenvalue weighted by Gasteiger charge is -2.11. The predicted octanol–water partition coefficient (Wildman–Crippen LogP) is 2.98. The lowest BCUT2D eigenvalue weighted by Crippen LogP contribution is -2.26. The molecule has 2 aromatic carbocycles. The van der Waals surface area contributed by atoms with Crippen LogP contribution in [0.4, 0.5) is 0 Å². The van der Waals surface area contributed by atoms with Gasteiger partial charge in [-0.2, -0.15) is 0 Å². The summed E-state index contributed by atoms with van der Waals surface area (Å²) in [5.41, 5.74) is 1.49. The van der Waals surface area contributed by atoms with Crippen molar-refractivity contribution >= 4 is 16.0 Å². The van der Waals surface area contributed by atoms with Crippen molar-refractivity contribution < 1.29 is 17.9 Å². The normalized spacial score (nSPS) is 11.2. The molecule has 2 aromatic rings. The Kier molecular flexibility index (Phi) is 6.52. The monoisotopic (exact) mass is 347 g/mol. The van der Waals surface area contributed by atoms with Gasteiger partial charge in [0.05, 0.1) is 11.5 Å². The molecule has 0 unspecified atom stereocenters. The molecule has 0 saturated carbocycles. The van der Waals surface area contributed by atoms with Gasteiger partial charge < -0.3 is 4.74 Å². The van der Waals surface area contributed by atoms with E-state index in [2.05, 4.69) is 4.72 Å². The van der Waals surface area contributed by atoms with Gasteiger partial charge in [0.2, 0.25) is 10.0 Å². The molecule has 0 amide bonds. The average molecular weight is 347 g/mol. The Balaban J connectivity index is 2.09. The van der Waals surface area contributed by atoms with Gasteiger partial charge in [-0.3, -0.25) is 4.79 Å². The number of benzene rings is 2. The maximum atomic E-state index is 12.6. The van der Waals surface area contributed by atoms with Gasteiger partial charge in [-0.15, -0.1) is 0 Å². The van der Waals surface area contributed by atoms with Gasteiger partial charge in [-0.05, 0) is 25.0 Å². The van der Waals surface area contributed by atoms with E-state index in [-0.39, 0.29) is 23.8 Å². The van der Waals surface area contributed by atoms with Crippen LogP contribution in [0.1, 0.15) is 19.8 Å². The molecule has 0 saturated heterocycles. The van der Waals surface area contributed by atoms with Crippen LogP contribution < -0.4 is 4.72 Å². The van der Waals surface area contributed by atoms with Crippen molar-refractivity contribution in [2.24, 2.45) is 0 Å². The summed E-state index contributed by atoms with van der Waals surface area (Å²) < 4.78 is 32.5. The van der Waals surface area contributed by atoms with Crippen LogP contribution in [0.3, 0.4) is 0 Å². The van der Waals surface area contributed by atoms with Crippen LogP contribution >= 0.6 is 0 Å². The fraction of sp³-hybridized carbons (Fsp3) is 0.278. The van der Waals surface area contributed by atoms with Crippen molar-refractivity contribution in [2.45, 2.75) is 24.7 Å². The first-order valence-corrected chi connectivity index (χ1v) is 9.32. The third kappa shape index (κ3) is 4.91. The molecule has 0 atom stereocenters. The molecule has 1 N–H and O–H groups in total. The first-order valence-electron chi connectivity index (χ1n) is 7.84. The number of esters is 1. The van der Waals surface area contributed by atoms with Crippen LogP contribution in [0.2, 0.25) is 0 Å². The van der Waals surface area contributed by atoms with Gasteiger partial charge in [-0.1, -0.05) is 48.5 Å². The molecule has 0 spiro atoms. The third-order valence-corrected chi connectivity index (χ3v) is 4.94. The minimum absolute atomic E-state index is 0.185. The fourth-order valence-corrected chi connectivity index (χ4v) is 3.61. The summed E-state index contributed by atoms with van der Waals surface area (Å²) in [4.78, 5) is 11.5. The molecule has 0 bridgehead atoms. The Morgan fingerprint density at radius 1 is 1.04 bits per heavy atom. The van der Waals surface area contributed by atoms with E-state index >= 15 is 0 Å². The summed E-state index contributed by atoms with van der Waals surface area (Å²) in [7, 11) is -3.65. The Morgan fingerprint density at radius 3 is 2.42 bits per heavy atom. The van der Waals surface area contributed by atoms with Crippen LogP contribution in [-0.4, -0.2) is 27.5 Å². The second-order valence-electron chi connectivity index (χ2n) is 5.17. The Morgan fingerprint density at radius 2 is 1.71 bits per heavy atom. The summed E-state index contributed by atoms with van der Waals surface area (Å²) in [6.07, 6.45) is 0.586. The molecular formula is C18H21NO4S. The van der Waals surface area contributed by atoms with Crippen molar-refractivity contribution in [2.75, 3.05) is 13.2 Å². The summed E-state index contributed by atoms with van der Waals surface area (Å²) >= 11 is 0. The molecular weight excluding hydrogens is 326 g/mol. The summed E-state index contributed by atoms with van der Waals surface area (Å²) in [5, 5.41) is 0. The molecule has 0 aliphatic heterocycles. The summed E-state index contributed by atoms with van der Waals surface area (Å²) in [6, 6.07) is 16.2. The van der Waals surface area contributed by atoms with Crippen LogP contribution in [-0.2, 0) is 19.6 Å². The van der Waals surface area contributed by atoms with E-state index in [0.717, 1.165) is 5.56 Å². The molecule has 128 valence electrons. The molecule has 0 aliphatic rings. The van der Waals surface area contributed by atoms with E-state index in [0.29, 0.717) is 18.6 Å². The largest absolute Gasteiger partial charge is 0.466 e. The van der Waals surface area contributed by atoms with Gasteiger partial charge in [0.15, 0.2) is 0 Å². The smallest absolute Gasteiger partial charge is 0.305 e. The number of sulfonamides is 1. The summed E-state index contributed by atoms with van der Waals surface area (Å²) in [6.45, 7) is 2.25. The van der Waals surface area contributed by atoms with E-state index in [4.69, 9.17) is 4.74 Å². The highest BCUT2D eigenvalue weighted by molar-refractivity contribution is 7.89. The van der Waals surface area contributed by atoms with Crippen LogP contribution in [0.5, 0.6) is 0 Å². The maximum Gasteiger partial charge on any atom is 0.305 e. The van der Waals surface area contributed by atoms with Gasteiger partial charge >= 0.3 is 5.97 Å². The molecule has 0 heterocycles.